The first-order valence-corrected chi connectivity index (χ1v) is 18.2. The number of aromatic amines is 1. The van der Waals surface area contributed by atoms with Gasteiger partial charge in [0.1, 0.15) is 17.2 Å². The van der Waals surface area contributed by atoms with Crippen molar-refractivity contribution in [1.82, 2.24) is 25.6 Å². The number of fused-ring (bicyclic) bond motifs is 7. The number of para-hydroxylation sites is 1. The van der Waals surface area contributed by atoms with Gasteiger partial charge in [-0.2, -0.15) is 0 Å². The van der Waals surface area contributed by atoms with E-state index in [1.165, 1.54) is 0 Å². The van der Waals surface area contributed by atoms with Crippen LogP contribution < -0.4 is 20.7 Å². The Labute approximate surface area is 298 Å². The van der Waals surface area contributed by atoms with Crippen molar-refractivity contribution < 1.29 is 23.2 Å². The SMILES string of the molecule is CC(C)C1NC(=O)C(CC(=O)C2CCCN2)Cc2ccc3c(c2)C24c5cccc(c5NC2O3)-c2cccc3[nH]cc(c23)-c2cnc(o2)-c2nc1oc24. The molecule has 5 aliphatic heterocycles. The lowest BCUT2D eigenvalue weighted by atomic mass is 9.72. The van der Waals surface area contributed by atoms with E-state index in [9.17, 15) is 9.59 Å². The van der Waals surface area contributed by atoms with Crippen molar-refractivity contribution in [2.75, 3.05) is 11.9 Å². The van der Waals surface area contributed by atoms with Crippen LogP contribution in [0.25, 0.3) is 44.9 Å². The van der Waals surface area contributed by atoms with E-state index in [1.54, 1.807) is 6.20 Å². The lowest BCUT2D eigenvalue weighted by Gasteiger charge is -2.28. The van der Waals surface area contributed by atoms with Gasteiger partial charge in [-0.15, -0.1) is 0 Å². The molecule has 4 N–H and O–H groups in total. The zero-order valence-electron chi connectivity index (χ0n) is 28.7. The summed E-state index contributed by atoms with van der Waals surface area (Å²) >= 11 is 0. The number of anilines is 1. The minimum Gasteiger partial charge on any atom is -0.469 e. The number of amides is 1. The summed E-state index contributed by atoms with van der Waals surface area (Å²) in [6.45, 7) is 4.88. The van der Waals surface area contributed by atoms with Crippen LogP contribution in [0.2, 0.25) is 0 Å². The Morgan fingerprint density at radius 2 is 1.90 bits per heavy atom. The second kappa shape index (κ2) is 10.7. The molecule has 10 bridgehead atoms. The number of Topliss-reactive ketones (excluding diaryl/α,β-unsaturated/α-hetero) is 1. The van der Waals surface area contributed by atoms with Crippen LogP contribution in [-0.2, 0) is 21.4 Å². The summed E-state index contributed by atoms with van der Waals surface area (Å²) in [4.78, 5) is 41.3. The fourth-order valence-electron chi connectivity index (χ4n) is 9.32. The lowest BCUT2D eigenvalue weighted by molar-refractivity contribution is -0.131. The number of oxazole rings is 2. The Bertz CT molecular complexity index is 2490. The molecule has 0 saturated carbocycles. The second-order valence-electron chi connectivity index (χ2n) is 15.1. The van der Waals surface area contributed by atoms with Crippen molar-refractivity contribution in [3.05, 3.63) is 95.3 Å². The van der Waals surface area contributed by atoms with Gasteiger partial charge in [0.05, 0.1) is 12.2 Å². The first-order chi connectivity index (χ1) is 25.4. The number of rotatable bonds is 4. The van der Waals surface area contributed by atoms with Crippen molar-refractivity contribution >= 4 is 28.3 Å². The third-order valence-electron chi connectivity index (χ3n) is 11.8. The van der Waals surface area contributed by atoms with E-state index in [0.29, 0.717) is 41.2 Å². The number of carbonyl (C=O) groups excluding carboxylic acids is 2. The van der Waals surface area contributed by atoms with Crippen LogP contribution in [0, 0.1) is 11.8 Å². The van der Waals surface area contributed by atoms with Crippen LogP contribution in [0.15, 0.2) is 75.8 Å². The summed E-state index contributed by atoms with van der Waals surface area (Å²) in [7, 11) is 0. The van der Waals surface area contributed by atoms with Crippen molar-refractivity contribution in [2.45, 2.75) is 63.3 Å². The minimum atomic E-state index is -0.996. The molecule has 6 aromatic rings. The molecule has 52 heavy (non-hydrogen) atoms. The number of hydrogen-bond acceptors (Lipinski definition) is 9. The molecule has 3 aromatic heterocycles. The minimum absolute atomic E-state index is 0.0689. The van der Waals surface area contributed by atoms with Gasteiger partial charge in [-0.05, 0) is 55.0 Å². The third-order valence-corrected chi connectivity index (χ3v) is 11.8. The van der Waals surface area contributed by atoms with Gasteiger partial charge in [0, 0.05) is 57.4 Å². The molecule has 0 aliphatic carbocycles. The Morgan fingerprint density at radius 1 is 1.02 bits per heavy atom. The molecule has 1 amide bonds. The fourth-order valence-corrected chi connectivity index (χ4v) is 9.32. The van der Waals surface area contributed by atoms with Gasteiger partial charge in [0.15, 0.2) is 29.2 Å². The van der Waals surface area contributed by atoms with E-state index >= 15 is 0 Å². The summed E-state index contributed by atoms with van der Waals surface area (Å²) in [6, 6.07) is 17.9. The molecule has 260 valence electrons. The molecule has 1 fully saturated rings. The van der Waals surface area contributed by atoms with E-state index in [0.717, 1.165) is 69.4 Å². The number of carbonyl (C=O) groups is 2. The van der Waals surface area contributed by atoms with Gasteiger partial charge >= 0.3 is 0 Å². The summed E-state index contributed by atoms with van der Waals surface area (Å²) in [6.07, 6.45) is 5.38. The van der Waals surface area contributed by atoms with Crippen LogP contribution in [-0.4, -0.2) is 45.5 Å². The van der Waals surface area contributed by atoms with Crippen molar-refractivity contribution in [1.29, 1.82) is 0 Å². The molecule has 5 unspecified atom stereocenters. The van der Waals surface area contributed by atoms with E-state index in [2.05, 4.69) is 63.4 Å². The van der Waals surface area contributed by atoms with Crippen LogP contribution in [0.1, 0.15) is 67.5 Å². The van der Waals surface area contributed by atoms with Gasteiger partial charge < -0.3 is 34.5 Å². The molecular formula is C41H36N6O5. The number of H-pyrrole nitrogens is 1. The van der Waals surface area contributed by atoms with E-state index < -0.39 is 23.6 Å². The lowest BCUT2D eigenvalue weighted by Crippen LogP contribution is -2.41. The third kappa shape index (κ3) is 3.99. The Morgan fingerprint density at radius 3 is 2.77 bits per heavy atom. The zero-order chi connectivity index (χ0) is 34.9. The normalized spacial score (nSPS) is 24.9. The topological polar surface area (TPSA) is 147 Å². The Kier molecular flexibility index (Phi) is 6.16. The van der Waals surface area contributed by atoms with Crippen molar-refractivity contribution in [3.8, 4) is 39.8 Å². The van der Waals surface area contributed by atoms with Crippen LogP contribution in [0.4, 0.5) is 5.69 Å². The summed E-state index contributed by atoms with van der Waals surface area (Å²) in [5, 5.41) is 11.4. The smallest absolute Gasteiger partial charge is 0.249 e. The molecular weight excluding hydrogens is 656 g/mol. The number of benzene rings is 3. The monoisotopic (exact) mass is 692 g/mol. The molecule has 11 nitrogen and oxygen atoms in total. The van der Waals surface area contributed by atoms with Gasteiger partial charge in [-0.25, -0.2) is 9.97 Å². The average Bonchev–Trinajstić information content (AvgIpc) is 3.99. The molecule has 5 atom stereocenters. The van der Waals surface area contributed by atoms with E-state index in [1.807, 2.05) is 32.2 Å². The highest BCUT2D eigenvalue weighted by Gasteiger charge is 2.61. The molecule has 0 radical (unpaired) electrons. The highest BCUT2D eigenvalue weighted by atomic mass is 16.5. The maximum atomic E-state index is 14.3. The average molecular weight is 693 g/mol. The van der Waals surface area contributed by atoms with Crippen LogP contribution in [0.3, 0.4) is 0 Å². The number of ether oxygens (including phenoxy) is 1. The maximum absolute atomic E-state index is 14.3. The zero-order valence-corrected chi connectivity index (χ0v) is 28.7. The molecule has 8 heterocycles. The highest BCUT2D eigenvalue weighted by molar-refractivity contribution is 6.07. The highest BCUT2D eigenvalue weighted by Crippen LogP contribution is 2.61. The van der Waals surface area contributed by atoms with Crippen LogP contribution >= 0.6 is 0 Å². The largest absolute Gasteiger partial charge is 0.469 e. The van der Waals surface area contributed by atoms with Crippen LogP contribution in [0.5, 0.6) is 5.75 Å². The summed E-state index contributed by atoms with van der Waals surface area (Å²) < 4.78 is 20.5. The summed E-state index contributed by atoms with van der Waals surface area (Å²) in [5.41, 5.74) is 7.15. The fraction of sp³-hybridized carbons (Fsp3) is 0.317. The molecule has 1 spiro atoms. The van der Waals surface area contributed by atoms with Gasteiger partial charge in [-0.1, -0.05) is 56.3 Å². The molecule has 11 heteroatoms. The maximum Gasteiger partial charge on any atom is 0.249 e. The Hall–Kier alpha value is -5.68. The van der Waals surface area contributed by atoms with E-state index in [-0.39, 0.29) is 30.1 Å². The van der Waals surface area contributed by atoms with Crippen molar-refractivity contribution in [2.24, 2.45) is 11.8 Å². The van der Waals surface area contributed by atoms with Gasteiger partial charge in [0.25, 0.3) is 0 Å². The number of aromatic nitrogens is 3. The van der Waals surface area contributed by atoms with Gasteiger partial charge in [-0.3, -0.25) is 9.59 Å². The predicted octanol–water partition coefficient (Wildman–Crippen LogP) is 6.63. The molecule has 1 saturated heterocycles. The molecule has 3 aromatic carbocycles. The molecule has 5 aliphatic rings. The quantitative estimate of drug-likeness (QED) is 0.160. The number of nitrogens with zero attached hydrogens (tertiary/aromatic N) is 2. The van der Waals surface area contributed by atoms with Gasteiger partial charge in [0.2, 0.25) is 17.7 Å². The van der Waals surface area contributed by atoms with Crippen molar-refractivity contribution in [3.63, 3.8) is 0 Å². The Balaban J connectivity index is 1.20. The number of ketones is 1. The predicted molar refractivity (Wildman–Crippen MR) is 193 cm³/mol. The number of hydrogen-bond donors (Lipinski definition) is 4. The standard InChI is InChI=1S/C41H36N6O5/c1-19(2)33-39-46-35-36(52-39)41-25-8-3-7-23(22-6-4-9-28-32(22)24(17-43-28)31-18-44-38(35)50-31)34(25)47-40(41)51-30-12-11-20(15-26(30)41)14-21(37(49)45-33)16-29(48)27-10-5-13-42-27/h3-4,6-9,11-12,15,17-19,21,27,33,40,42-43,47H,5,10,13-14,16H2,1-2H3,(H,45,49). The second-order valence-corrected chi connectivity index (χ2v) is 15.1. The first kappa shape index (κ1) is 30.0. The van der Waals surface area contributed by atoms with E-state index in [4.69, 9.17) is 23.5 Å². The molecule has 11 rings (SSSR count). The summed E-state index contributed by atoms with van der Waals surface area (Å²) in [5.74, 6) is 1.69. The first-order valence-electron chi connectivity index (χ1n) is 18.2. The number of nitrogens with one attached hydrogen (secondary N) is 4.